The molecule has 0 unspecified atom stereocenters. The van der Waals surface area contributed by atoms with Gasteiger partial charge in [0.1, 0.15) is 5.65 Å². The van der Waals surface area contributed by atoms with E-state index >= 15 is 0 Å². The Morgan fingerprint density at radius 1 is 1.03 bits per heavy atom. The summed E-state index contributed by atoms with van der Waals surface area (Å²) in [6.07, 6.45) is 4.80. The molecule has 0 aliphatic heterocycles. The Hall–Kier alpha value is -2.86. The predicted octanol–water partition coefficient (Wildman–Crippen LogP) is 4.44. The van der Waals surface area contributed by atoms with Crippen LogP contribution < -0.4 is 0 Å². The van der Waals surface area contributed by atoms with Crippen molar-refractivity contribution in [3.05, 3.63) is 95.4 Å². The average Bonchev–Trinajstić information content (AvgIpc) is 3.27. The van der Waals surface area contributed by atoms with Crippen LogP contribution in [0.5, 0.6) is 0 Å². The van der Waals surface area contributed by atoms with Crippen LogP contribution in [0.2, 0.25) is 0 Å². The number of hydrogen-bond acceptors (Lipinski definition) is 2. The Bertz CT molecular complexity index is 1430. The average molecular weight is 419 g/mol. The van der Waals surface area contributed by atoms with E-state index in [1.807, 2.05) is 36.5 Å². The fourth-order valence-corrected chi connectivity index (χ4v) is 4.35. The minimum atomic E-state index is -0.949. The number of aromatic nitrogens is 3. The van der Waals surface area contributed by atoms with E-state index < -0.39 is 5.97 Å². The molecule has 0 radical (unpaired) electrons. The number of hydrogen-bond donors (Lipinski definition) is 1. The van der Waals surface area contributed by atoms with E-state index in [2.05, 4.69) is 47.3 Å². The van der Waals surface area contributed by atoms with Crippen LogP contribution in [0.1, 0.15) is 27.2 Å². The number of imidazole rings is 1. The van der Waals surface area contributed by atoms with E-state index in [1.54, 1.807) is 12.1 Å². The second kappa shape index (κ2) is 8.35. The van der Waals surface area contributed by atoms with Gasteiger partial charge in [-0.15, -0.1) is 0 Å². The monoisotopic (exact) mass is 419 g/mol. The van der Waals surface area contributed by atoms with Gasteiger partial charge in [0.05, 0.1) is 17.0 Å². The number of aryl methyl sites for hydroxylation is 2. The molecule has 6 heteroatoms. The molecular weight excluding hydrogens is 397 g/mol. The van der Waals surface area contributed by atoms with Crippen molar-refractivity contribution >= 4 is 52.1 Å². The summed E-state index contributed by atoms with van der Waals surface area (Å²) in [6, 6.07) is 19.3. The van der Waals surface area contributed by atoms with Gasteiger partial charge in [-0.1, -0.05) is 36.4 Å². The van der Waals surface area contributed by atoms with E-state index in [1.165, 1.54) is 22.0 Å². The first-order valence-corrected chi connectivity index (χ1v) is 9.87. The van der Waals surface area contributed by atoms with Gasteiger partial charge in [0, 0.05) is 42.3 Å². The number of carboxylic acids is 1. The molecule has 1 N–H and O–H groups in total. The van der Waals surface area contributed by atoms with Crippen molar-refractivity contribution in [1.82, 2.24) is 14.0 Å². The fourth-order valence-electron chi connectivity index (χ4n) is 4.35. The molecule has 3 aromatic heterocycles. The number of aromatic carboxylic acids is 1. The summed E-state index contributed by atoms with van der Waals surface area (Å²) in [7, 11) is 2.06. The summed E-state index contributed by atoms with van der Waals surface area (Å²) in [5, 5.41) is 11.0. The Labute approximate surface area is 202 Å². The van der Waals surface area contributed by atoms with Crippen molar-refractivity contribution < 1.29 is 9.90 Å². The summed E-state index contributed by atoms with van der Waals surface area (Å²) in [5.74, 6) is -0.949. The molecule has 0 aliphatic rings. The molecule has 150 valence electrons. The summed E-state index contributed by atoms with van der Waals surface area (Å²) in [6.45, 7) is 2.13. The van der Waals surface area contributed by atoms with E-state index in [9.17, 15) is 9.90 Å². The molecule has 0 fully saturated rings. The first kappa shape index (κ1) is 21.4. The number of nitrogens with zero attached hydrogens (tertiary/aromatic N) is 3. The molecule has 0 amide bonds. The van der Waals surface area contributed by atoms with Gasteiger partial charge in [0.15, 0.2) is 0 Å². The molecule has 5 rings (SSSR count). The molecule has 0 spiro atoms. The van der Waals surface area contributed by atoms with Crippen molar-refractivity contribution in [2.45, 2.75) is 13.3 Å². The number of pyridine rings is 1. The Kier molecular flexibility index (Phi) is 5.75. The third-order valence-corrected chi connectivity index (χ3v) is 5.70. The molecule has 0 atom stereocenters. The third kappa shape index (κ3) is 3.59. The molecule has 5 aromatic rings. The van der Waals surface area contributed by atoms with Crippen LogP contribution in [0.3, 0.4) is 0 Å². The predicted molar refractivity (Wildman–Crippen MR) is 125 cm³/mol. The zero-order valence-electron chi connectivity index (χ0n) is 16.8. The van der Waals surface area contributed by atoms with Crippen LogP contribution in [-0.4, -0.2) is 54.6 Å². The van der Waals surface area contributed by atoms with Gasteiger partial charge in [-0.25, -0.2) is 9.78 Å². The van der Waals surface area contributed by atoms with Crippen molar-refractivity contribution in [2.24, 2.45) is 7.05 Å². The maximum atomic E-state index is 11.9. The first-order valence-electron chi connectivity index (χ1n) is 9.87. The Morgan fingerprint density at radius 2 is 1.81 bits per heavy atom. The van der Waals surface area contributed by atoms with Crippen LogP contribution in [0.25, 0.3) is 27.8 Å². The van der Waals surface area contributed by atoms with E-state index in [0.29, 0.717) is 17.7 Å². The molecule has 0 bridgehead atoms. The number of fused-ring (bicyclic) bond motifs is 2. The van der Waals surface area contributed by atoms with Gasteiger partial charge in [-0.3, -0.25) is 0 Å². The van der Waals surface area contributed by atoms with Gasteiger partial charge in [0.2, 0.25) is 0 Å². The second-order valence-electron chi connectivity index (χ2n) is 7.60. The SMILES string of the molecule is Cc1cccc2c1c(Cc1c(-c3ccccc3C(=O)O)nc3ccccn13)cn2C.[NaH]. The van der Waals surface area contributed by atoms with Gasteiger partial charge in [-0.05, 0) is 42.3 Å². The molecule has 5 nitrogen and oxygen atoms in total. The maximum absolute atomic E-state index is 11.9. The number of carbonyl (C=O) groups is 1. The molecular formula is C25H22N3NaO2. The normalized spacial score (nSPS) is 11.0. The molecule has 0 saturated heterocycles. The van der Waals surface area contributed by atoms with E-state index in [-0.39, 0.29) is 35.1 Å². The number of carboxylic acid groups (broad SMARTS) is 1. The quantitative estimate of drug-likeness (QED) is 0.438. The zero-order chi connectivity index (χ0) is 20.8. The summed E-state index contributed by atoms with van der Waals surface area (Å²) >= 11 is 0. The van der Waals surface area contributed by atoms with Gasteiger partial charge >= 0.3 is 35.5 Å². The van der Waals surface area contributed by atoms with Crippen LogP contribution in [-0.2, 0) is 13.5 Å². The van der Waals surface area contributed by atoms with Crippen LogP contribution in [0.15, 0.2) is 73.1 Å². The molecule has 0 aliphatic carbocycles. The molecule has 3 heterocycles. The Morgan fingerprint density at radius 3 is 2.61 bits per heavy atom. The van der Waals surface area contributed by atoms with E-state index in [4.69, 9.17) is 4.98 Å². The first-order chi connectivity index (χ1) is 14.5. The van der Waals surface area contributed by atoms with Crippen molar-refractivity contribution in [1.29, 1.82) is 0 Å². The molecule has 31 heavy (non-hydrogen) atoms. The van der Waals surface area contributed by atoms with Crippen molar-refractivity contribution in [3.8, 4) is 11.3 Å². The van der Waals surface area contributed by atoms with E-state index in [0.717, 1.165) is 11.3 Å². The minimum absolute atomic E-state index is 0. The molecule has 0 saturated carbocycles. The summed E-state index contributed by atoms with van der Waals surface area (Å²) < 4.78 is 4.21. The second-order valence-corrected chi connectivity index (χ2v) is 7.60. The van der Waals surface area contributed by atoms with Gasteiger partial charge in [-0.2, -0.15) is 0 Å². The standard InChI is InChI=1S/C25H21N3O2.Na.H/c1-16-8-7-11-20-23(16)17(15-27(20)2)14-21-24(26-22-12-5-6-13-28(21)22)18-9-3-4-10-19(18)25(29)30;;/h3-13,15H,14H2,1-2H3,(H,29,30);;. The third-order valence-electron chi connectivity index (χ3n) is 5.70. The Balaban J connectivity index is 0.00000231. The fraction of sp³-hybridized carbons (Fsp3) is 0.120. The van der Waals surface area contributed by atoms with Crippen molar-refractivity contribution in [3.63, 3.8) is 0 Å². The van der Waals surface area contributed by atoms with Crippen LogP contribution in [0.4, 0.5) is 0 Å². The van der Waals surface area contributed by atoms with Gasteiger partial charge in [0.25, 0.3) is 0 Å². The number of rotatable bonds is 4. The zero-order valence-corrected chi connectivity index (χ0v) is 16.8. The van der Waals surface area contributed by atoms with Crippen LogP contribution in [0, 0.1) is 6.92 Å². The van der Waals surface area contributed by atoms with Crippen LogP contribution >= 0.6 is 0 Å². The summed E-state index contributed by atoms with van der Waals surface area (Å²) in [4.78, 5) is 16.7. The van der Waals surface area contributed by atoms with Gasteiger partial charge < -0.3 is 14.1 Å². The molecule has 2 aromatic carbocycles. The summed E-state index contributed by atoms with van der Waals surface area (Å²) in [5.41, 5.74) is 7.01. The number of benzene rings is 2. The topological polar surface area (TPSA) is 59.5 Å². The van der Waals surface area contributed by atoms with Crippen molar-refractivity contribution in [2.75, 3.05) is 0 Å².